The van der Waals surface area contributed by atoms with Crippen LogP contribution in [0.25, 0.3) is 5.69 Å². The van der Waals surface area contributed by atoms with Crippen LogP contribution in [0.15, 0.2) is 36.5 Å². The number of amides is 1. The number of benzene rings is 1. The molecular formula is C12H12N4O3. The Labute approximate surface area is 109 Å². The number of carbonyl (C=O) groups is 1. The predicted molar refractivity (Wildman–Crippen MR) is 68.2 cm³/mol. The standard InChI is InChI=1S/C12H12N4O3/c1-2-13-12(17)9-7-8-15(14-9)10-5-3-4-6-11(10)16(18)19/h3-8H,2H2,1H3,(H,13,17). The van der Waals surface area contributed by atoms with Gasteiger partial charge >= 0.3 is 0 Å². The van der Waals surface area contributed by atoms with Crippen molar-refractivity contribution in [1.82, 2.24) is 15.1 Å². The van der Waals surface area contributed by atoms with Gasteiger partial charge in [-0.1, -0.05) is 12.1 Å². The van der Waals surface area contributed by atoms with Gasteiger partial charge in [0, 0.05) is 18.8 Å². The van der Waals surface area contributed by atoms with E-state index >= 15 is 0 Å². The van der Waals surface area contributed by atoms with Crippen LogP contribution in [0.2, 0.25) is 0 Å². The van der Waals surface area contributed by atoms with Crippen LogP contribution in [-0.2, 0) is 0 Å². The zero-order valence-corrected chi connectivity index (χ0v) is 10.2. The molecule has 0 fully saturated rings. The second-order valence-corrected chi connectivity index (χ2v) is 3.75. The van der Waals surface area contributed by atoms with E-state index in [1.807, 2.05) is 0 Å². The van der Waals surface area contributed by atoms with E-state index in [4.69, 9.17) is 0 Å². The lowest BCUT2D eigenvalue weighted by atomic mass is 10.3. The van der Waals surface area contributed by atoms with E-state index in [0.717, 1.165) is 0 Å². The van der Waals surface area contributed by atoms with Gasteiger partial charge in [-0.3, -0.25) is 14.9 Å². The molecule has 0 atom stereocenters. The number of nitro benzene ring substituents is 1. The molecule has 1 heterocycles. The first-order chi connectivity index (χ1) is 9.13. The molecule has 7 heteroatoms. The quantitative estimate of drug-likeness (QED) is 0.666. The van der Waals surface area contributed by atoms with Crippen LogP contribution in [0.1, 0.15) is 17.4 Å². The Balaban J connectivity index is 2.38. The molecule has 0 radical (unpaired) electrons. The summed E-state index contributed by atoms with van der Waals surface area (Å²) in [5, 5.41) is 17.6. The minimum atomic E-state index is -0.483. The van der Waals surface area contributed by atoms with Gasteiger partial charge in [0.1, 0.15) is 5.69 Å². The molecule has 19 heavy (non-hydrogen) atoms. The summed E-state index contributed by atoms with van der Waals surface area (Å²) in [4.78, 5) is 22.0. The average Bonchev–Trinajstić information content (AvgIpc) is 2.88. The summed E-state index contributed by atoms with van der Waals surface area (Å²) >= 11 is 0. The van der Waals surface area contributed by atoms with Crippen molar-refractivity contribution < 1.29 is 9.72 Å². The van der Waals surface area contributed by atoms with E-state index in [0.29, 0.717) is 12.2 Å². The topological polar surface area (TPSA) is 90.1 Å². The van der Waals surface area contributed by atoms with Gasteiger partial charge in [0.2, 0.25) is 0 Å². The largest absolute Gasteiger partial charge is 0.351 e. The van der Waals surface area contributed by atoms with Crippen molar-refractivity contribution in [2.45, 2.75) is 6.92 Å². The molecule has 0 aliphatic carbocycles. The summed E-state index contributed by atoms with van der Waals surface area (Å²) in [7, 11) is 0. The van der Waals surface area contributed by atoms with Crippen molar-refractivity contribution in [3.8, 4) is 5.69 Å². The van der Waals surface area contributed by atoms with Gasteiger partial charge in [0.15, 0.2) is 5.69 Å². The van der Waals surface area contributed by atoms with Gasteiger partial charge < -0.3 is 5.32 Å². The zero-order valence-electron chi connectivity index (χ0n) is 10.2. The van der Waals surface area contributed by atoms with Gasteiger partial charge in [0.25, 0.3) is 11.6 Å². The van der Waals surface area contributed by atoms with Crippen molar-refractivity contribution in [3.05, 3.63) is 52.3 Å². The fraction of sp³-hybridized carbons (Fsp3) is 0.167. The van der Waals surface area contributed by atoms with E-state index in [1.165, 1.54) is 23.0 Å². The first-order valence-corrected chi connectivity index (χ1v) is 5.71. The van der Waals surface area contributed by atoms with Gasteiger partial charge in [-0.05, 0) is 19.1 Å². The molecule has 7 nitrogen and oxygen atoms in total. The number of nitro groups is 1. The van der Waals surface area contributed by atoms with E-state index in [2.05, 4.69) is 10.4 Å². The number of nitrogens with zero attached hydrogens (tertiary/aromatic N) is 3. The molecule has 0 saturated carbocycles. The highest BCUT2D eigenvalue weighted by molar-refractivity contribution is 5.92. The Kier molecular flexibility index (Phi) is 3.56. The zero-order chi connectivity index (χ0) is 13.8. The van der Waals surface area contributed by atoms with Crippen LogP contribution in [0, 0.1) is 10.1 Å². The summed E-state index contributed by atoms with van der Waals surface area (Å²) in [5.74, 6) is -0.306. The normalized spacial score (nSPS) is 10.2. The molecule has 1 aromatic heterocycles. The lowest BCUT2D eigenvalue weighted by Gasteiger charge is -2.02. The Hall–Kier alpha value is -2.70. The van der Waals surface area contributed by atoms with Crippen molar-refractivity contribution in [3.63, 3.8) is 0 Å². The highest BCUT2D eigenvalue weighted by Gasteiger charge is 2.16. The van der Waals surface area contributed by atoms with E-state index < -0.39 is 4.92 Å². The van der Waals surface area contributed by atoms with Gasteiger partial charge in [-0.25, -0.2) is 4.68 Å². The Morgan fingerprint density at radius 3 is 2.84 bits per heavy atom. The number of hydrogen-bond acceptors (Lipinski definition) is 4. The molecule has 0 saturated heterocycles. The number of hydrogen-bond donors (Lipinski definition) is 1. The molecule has 1 aromatic carbocycles. The molecular weight excluding hydrogens is 248 g/mol. The van der Waals surface area contributed by atoms with Crippen LogP contribution in [0.5, 0.6) is 0 Å². The molecule has 2 aromatic rings. The number of aromatic nitrogens is 2. The second kappa shape index (κ2) is 5.30. The molecule has 98 valence electrons. The van der Waals surface area contributed by atoms with Crippen molar-refractivity contribution >= 4 is 11.6 Å². The molecule has 0 aliphatic heterocycles. The Morgan fingerprint density at radius 1 is 1.42 bits per heavy atom. The molecule has 0 spiro atoms. The van der Waals surface area contributed by atoms with Gasteiger partial charge in [0.05, 0.1) is 4.92 Å². The maximum atomic E-state index is 11.6. The molecule has 0 unspecified atom stereocenters. The summed E-state index contributed by atoms with van der Waals surface area (Å²) < 4.78 is 1.32. The van der Waals surface area contributed by atoms with Crippen molar-refractivity contribution in [2.75, 3.05) is 6.54 Å². The van der Waals surface area contributed by atoms with Crippen LogP contribution < -0.4 is 5.32 Å². The van der Waals surface area contributed by atoms with Crippen LogP contribution in [-0.4, -0.2) is 27.2 Å². The predicted octanol–water partition coefficient (Wildman–Crippen LogP) is 1.53. The molecule has 2 rings (SSSR count). The molecule has 0 aliphatic rings. The summed E-state index contributed by atoms with van der Waals surface area (Å²) in [6.45, 7) is 2.30. The Morgan fingerprint density at radius 2 is 2.16 bits per heavy atom. The number of rotatable bonds is 4. The lowest BCUT2D eigenvalue weighted by Crippen LogP contribution is -2.23. The maximum Gasteiger partial charge on any atom is 0.294 e. The van der Waals surface area contributed by atoms with E-state index in [9.17, 15) is 14.9 Å². The SMILES string of the molecule is CCNC(=O)c1ccn(-c2ccccc2[N+](=O)[O-])n1. The third-order valence-corrected chi connectivity index (χ3v) is 2.48. The van der Waals surface area contributed by atoms with E-state index in [-0.39, 0.29) is 17.3 Å². The molecule has 1 amide bonds. The van der Waals surface area contributed by atoms with Crippen molar-refractivity contribution in [2.24, 2.45) is 0 Å². The highest BCUT2D eigenvalue weighted by Crippen LogP contribution is 2.21. The van der Waals surface area contributed by atoms with Crippen LogP contribution in [0.4, 0.5) is 5.69 Å². The first-order valence-electron chi connectivity index (χ1n) is 5.71. The number of para-hydroxylation sites is 2. The minimum absolute atomic E-state index is 0.0620. The maximum absolute atomic E-state index is 11.6. The fourth-order valence-electron chi connectivity index (χ4n) is 1.64. The van der Waals surface area contributed by atoms with Crippen LogP contribution >= 0.6 is 0 Å². The average molecular weight is 260 g/mol. The lowest BCUT2D eigenvalue weighted by molar-refractivity contribution is -0.384. The first kappa shape index (κ1) is 12.7. The summed E-state index contributed by atoms with van der Waals surface area (Å²) in [5.41, 5.74) is 0.482. The number of carbonyl (C=O) groups excluding carboxylic acids is 1. The third kappa shape index (κ3) is 2.59. The summed E-state index contributed by atoms with van der Waals surface area (Å²) in [6.07, 6.45) is 1.52. The smallest absolute Gasteiger partial charge is 0.294 e. The second-order valence-electron chi connectivity index (χ2n) is 3.75. The van der Waals surface area contributed by atoms with Crippen LogP contribution in [0.3, 0.4) is 0 Å². The van der Waals surface area contributed by atoms with Gasteiger partial charge in [-0.15, -0.1) is 0 Å². The third-order valence-electron chi connectivity index (χ3n) is 2.48. The fourth-order valence-corrected chi connectivity index (χ4v) is 1.64. The summed E-state index contributed by atoms with van der Waals surface area (Å²) in [6, 6.07) is 7.74. The number of nitrogens with one attached hydrogen (secondary N) is 1. The molecule has 0 bridgehead atoms. The van der Waals surface area contributed by atoms with Crippen molar-refractivity contribution in [1.29, 1.82) is 0 Å². The van der Waals surface area contributed by atoms with Gasteiger partial charge in [-0.2, -0.15) is 5.10 Å². The minimum Gasteiger partial charge on any atom is -0.351 e. The molecule has 1 N–H and O–H groups in total. The highest BCUT2D eigenvalue weighted by atomic mass is 16.6. The van der Waals surface area contributed by atoms with E-state index in [1.54, 1.807) is 25.1 Å². The Bertz CT molecular complexity index is 621. The monoisotopic (exact) mass is 260 g/mol.